The summed E-state index contributed by atoms with van der Waals surface area (Å²) in [5.41, 5.74) is 0. The molecule has 14 heteroatoms. The van der Waals surface area contributed by atoms with Crippen LogP contribution >= 0.6 is 0 Å². The summed E-state index contributed by atoms with van der Waals surface area (Å²) in [4.78, 5) is 13.4. The minimum Gasteiger partial charge on any atom is -0.394 e. The fourth-order valence-electron chi connectivity index (χ4n) is 13.0. The van der Waals surface area contributed by atoms with E-state index in [4.69, 9.17) is 18.9 Å². The third kappa shape index (κ3) is 44.3. The zero-order chi connectivity index (χ0) is 65.2. The van der Waals surface area contributed by atoms with E-state index in [1.54, 1.807) is 6.08 Å². The Morgan fingerprint density at radius 3 is 1.06 bits per heavy atom. The molecule has 12 atom stereocenters. The maximum atomic E-state index is 13.4. The van der Waals surface area contributed by atoms with Gasteiger partial charge < -0.3 is 65.1 Å². The Kier molecular flexibility index (Phi) is 57.4. The van der Waals surface area contributed by atoms with Gasteiger partial charge in [-0.2, -0.15) is 0 Å². The van der Waals surface area contributed by atoms with Gasteiger partial charge in [-0.1, -0.05) is 334 Å². The van der Waals surface area contributed by atoms with Gasteiger partial charge in [-0.05, 0) is 44.9 Å². The van der Waals surface area contributed by atoms with Gasteiger partial charge in [0, 0.05) is 6.42 Å². The maximum absolute atomic E-state index is 13.4. The summed E-state index contributed by atoms with van der Waals surface area (Å²) >= 11 is 0. The largest absolute Gasteiger partial charge is 0.394 e. The average molecular weight is 1280 g/mol. The highest BCUT2D eigenvalue weighted by Crippen LogP contribution is 2.30. The van der Waals surface area contributed by atoms with E-state index in [9.17, 15) is 45.6 Å². The summed E-state index contributed by atoms with van der Waals surface area (Å²) in [7, 11) is 0. The summed E-state index contributed by atoms with van der Waals surface area (Å²) in [6.07, 6.45) is 61.2. The Hall–Kier alpha value is -1.53. The van der Waals surface area contributed by atoms with Crippen LogP contribution in [-0.4, -0.2) is 140 Å². The number of aliphatic hydroxyl groups excluding tert-OH is 8. The van der Waals surface area contributed by atoms with Crippen LogP contribution in [0.4, 0.5) is 0 Å². The van der Waals surface area contributed by atoms with Crippen molar-refractivity contribution in [3.63, 3.8) is 0 Å². The zero-order valence-electron chi connectivity index (χ0n) is 58.2. The lowest BCUT2D eigenvalue weighted by molar-refractivity contribution is -0.359. The van der Waals surface area contributed by atoms with E-state index >= 15 is 0 Å². The Balaban J connectivity index is 1.58. The summed E-state index contributed by atoms with van der Waals surface area (Å²) in [5, 5.41) is 87.5. The van der Waals surface area contributed by atoms with Crippen molar-refractivity contribution in [2.24, 2.45) is 0 Å². The fraction of sp³-hybridized carbons (Fsp3) is 0.934. The van der Waals surface area contributed by atoms with Crippen molar-refractivity contribution < 1.29 is 64.6 Å². The van der Waals surface area contributed by atoms with Crippen molar-refractivity contribution in [2.75, 3.05) is 19.8 Å². The highest BCUT2D eigenvalue weighted by Gasteiger charge is 2.51. The number of aliphatic hydroxyl groups is 8. The van der Waals surface area contributed by atoms with E-state index in [0.717, 1.165) is 38.5 Å². The first-order valence-corrected chi connectivity index (χ1v) is 38.6. The van der Waals surface area contributed by atoms with Crippen LogP contribution in [0.3, 0.4) is 0 Å². The van der Waals surface area contributed by atoms with Crippen molar-refractivity contribution >= 4 is 5.91 Å². The van der Waals surface area contributed by atoms with E-state index < -0.39 is 86.8 Å². The second kappa shape index (κ2) is 61.1. The first-order valence-electron chi connectivity index (χ1n) is 38.6. The third-order valence-electron chi connectivity index (χ3n) is 19.1. The first kappa shape index (κ1) is 84.6. The summed E-state index contributed by atoms with van der Waals surface area (Å²) in [6, 6.07) is -0.912. The summed E-state index contributed by atoms with van der Waals surface area (Å²) in [5.74, 6) is -0.231. The first-order chi connectivity index (χ1) is 44.1. The van der Waals surface area contributed by atoms with Gasteiger partial charge in [0.15, 0.2) is 12.6 Å². The number of hydrogen-bond acceptors (Lipinski definition) is 13. The Morgan fingerprint density at radius 2 is 0.700 bits per heavy atom. The van der Waals surface area contributed by atoms with Crippen molar-refractivity contribution in [2.45, 2.75) is 434 Å². The average Bonchev–Trinajstić information content (AvgIpc) is 1.58. The molecule has 1 amide bonds. The standard InChI is InChI=1S/C76H145NO13/c1-3-5-7-9-11-13-15-17-19-21-23-24-25-26-27-28-29-30-31-32-33-34-35-36-37-38-39-40-42-44-46-48-50-52-54-56-58-60-68(81)77-64(65(80)59-57-55-53-51-49-47-45-43-41-22-20-18-16-14-12-10-8-6-4-2)63-87-75-73(86)71(84)74(67(62-79)89-75)90-76-72(85)70(83)69(82)66(61-78)88-76/h21,23,57,59,64-67,69-76,78-80,82-86H,3-20,22,24-56,58,60-63H2,1-2H3,(H,77,81)/b23-21-,59-57+. The molecule has 2 saturated heterocycles. The molecule has 2 aliphatic rings. The van der Waals surface area contributed by atoms with Gasteiger partial charge in [0.2, 0.25) is 5.91 Å². The third-order valence-corrected chi connectivity index (χ3v) is 19.1. The molecule has 12 unspecified atom stereocenters. The van der Waals surface area contributed by atoms with Crippen molar-refractivity contribution in [1.29, 1.82) is 0 Å². The van der Waals surface area contributed by atoms with Crippen LogP contribution in [0.1, 0.15) is 361 Å². The number of unbranched alkanes of at least 4 members (excludes halogenated alkanes) is 50. The minimum atomic E-state index is -1.79. The molecular formula is C76H145NO13. The molecule has 532 valence electrons. The molecule has 0 aromatic rings. The second-order valence-electron chi connectivity index (χ2n) is 27.5. The highest BCUT2D eigenvalue weighted by atomic mass is 16.7. The molecule has 2 fully saturated rings. The molecule has 0 aliphatic carbocycles. The second-order valence-corrected chi connectivity index (χ2v) is 27.5. The topological polar surface area (TPSA) is 228 Å². The van der Waals surface area contributed by atoms with Crippen LogP contribution in [0, 0.1) is 0 Å². The van der Waals surface area contributed by atoms with E-state index in [-0.39, 0.29) is 18.9 Å². The lowest BCUT2D eigenvalue weighted by Crippen LogP contribution is -2.65. The van der Waals surface area contributed by atoms with Crippen molar-refractivity contribution in [3.8, 4) is 0 Å². The van der Waals surface area contributed by atoms with E-state index in [1.807, 2.05) is 6.08 Å². The number of ether oxygens (including phenoxy) is 4. The van der Waals surface area contributed by atoms with Crippen LogP contribution in [0.2, 0.25) is 0 Å². The molecule has 9 N–H and O–H groups in total. The van der Waals surface area contributed by atoms with Crippen molar-refractivity contribution in [3.05, 3.63) is 24.3 Å². The molecular weight excluding hydrogens is 1130 g/mol. The quantitative estimate of drug-likeness (QED) is 0.0204. The number of allylic oxidation sites excluding steroid dienone is 3. The smallest absolute Gasteiger partial charge is 0.220 e. The molecule has 0 aromatic heterocycles. The van der Waals surface area contributed by atoms with Gasteiger partial charge in [-0.15, -0.1) is 0 Å². The molecule has 2 rings (SSSR count). The van der Waals surface area contributed by atoms with Crippen LogP contribution in [0.5, 0.6) is 0 Å². The molecule has 0 radical (unpaired) electrons. The van der Waals surface area contributed by atoms with Gasteiger partial charge in [-0.25, -0.2) is 0 Å². The number of rotatable bonds is 65. The molecule has 14 nitrogen and oxygen atoms in total. The van der Waals surface area contributed by atoms with Crippen LogP contribution < -0.4 is 5.32 Å². The summed E-state index contributed by atoms with van der Waals surface area (Å²) < 4.78 is 22.9. The molecule has 90 heavy (non-hydrogen) atoms. The highest BCUT2D eigenvalue weighted by molar-refractivity contribution is 5.76. The van der Waals surface area contributed by atoms with Crippen LogP contribution in [0.25, 0.3) is 0 Å². The predicted molar refractivity (Wildman–Crippen MR) is 369 cm³/mol. The number of carbonyl (C=O) groups excluding carboxylic acids is 1. The van der Waals surface area contributed by atoms with E-state index in [2.05, 4.69) is 31.3 Å². The van der Waals surface area contributed by atoms with Gasteiger partial charge in [0.25, 0.3) is 0 Å². The van der Waals surface area contributed by atoms with Crippen LogP contribution in [-0.2, 0) is 23.7 Å². The normalized spacial score (nSPS) is 23.0. The Labute approximate surface area is 551 Å². The lowest BCUT2D eigenvalue weighted by Gasteiger charge is -2.46. The number of hydrogen-bond donors (Lipinski definition) is 9. The number of nitrogens with one attached hydrogen (secondary N) is 1. The van der Waals surface area contributed by atoms with Crippen molar-refractivity contribution in [1.82, 2.24) is 5.32 Å². The lowest BCUT2D eigenvalue weighted by atomic mass is 9.97. The molecule has 0 aromatic carbocycles. The van der Waals surface area contributed by atoms with Crippen LogP contribution in [0.15, 0.2) is 24.3 Å². The van der Waals surface area contributed by atoms with E-state index in [1.165, 1.54) is 295 Å². The molecule has 2 aliphatic heterocycles. The van der Waals surface area contributed by atoms with E-state index in [0.29, 0.717) is 6.42 Å². The minimum absolute atomic E-state index is 0.231. The number of carbonyl (C=O) groups is 1. The van der Waals surface area contributed by atoms with Gasteiger partial charge >= 0.3 is 0 Å². The monoisotopic (exact) mass is 1280 g/mol. The SMILES string of the molecule is CCCCCCCCCC/C=C\CCCCCCCCCCCCCCCCCCCCCCCCCCCC(=O)NC(COC1OC(CO)C(OC2OC(CO)C(O)C(O)C2O)C(O)C1O)C(O)/C=C/CCCCCCCCCCCCCCCCCCC. The fourth-order valence-corrected chi connectivity index (χ4v) is 13.0. The van der Waals surface area contributed by atoms with Gasteiger partial charge in [0.1, 0.15) is 48.8 Å². The van der Waals surface area contributed by atoms with Gasteiger partial charge in [-0.3, -0.25) is 4.79 Å². The molecule has 0 spiro atoms. The van der Waals surface area contributed by atoms with Gasteiger partial charge in [0.05, 0.1) is 32.0 Å². The predicted octanol–water partition coefficient (Wildman–Crippen LogP) is 16.7. The Morgan fingerprint density at radius 1 is 0.389 bits per heavy atom. The molecule has 0 bridgehead atoms. The maximum Gasteiger partial charge on any atom is 0.220 e. The number of amides is 1. The Bertz CT molecular complexity index is 1600. The molecule has 0 saturated carbocycles. The zero-order valence-corrected chi connectivity index (χ0v) is 58.2. The molecule has 2 heterocycles. The summed E-state index contributed by atoms with van der Waals surface area (Å²) in [6.45, 7) is 2.86.